The SMILES string of the molecule is CCC1(C(=O)CC2CC3CCC2C3)CCCN1. The third-order valence-electron chi connectivity index (χ3n) is 5.71. The molecule has 0 aromatic rings. The average molecular weight is 235 g/mol. The smallest absolute Gasteiger partial charge is 0.153 e. The van der Waals surface area contributed by atoms with Crippen LogP contribution in [0.5, 0.6) is 0 Å². The predicted molar refractivity (Wildman–Crippen MR) is 68.8 cm³/mol. The van der Waals surface area contributed by atoms with Crippen molar-refractivity contribution in [2.24, 2.45) is 17.8 Å². The lowest BCUT2D eigenvalue weighted by Crippen LogP contribution is -2.47. The van der Waals surface area contributed by atoms with E-state index in [9.17, 15) is 4.79 Å². The molecule has 3 aliphatic rings. The molecule has 2 aliphatic carbocycles. The zero-order valence-corrected chi connectivity index (χ0v) is 11.0. The van der Waals surface area contributed by atoms with Crippen molar-refractivity contribution in [1.29, 1.82) is 0 Å². The largest absolute Gasteiger partial charge is 0.305 e. The highest BCUT2D eigenvalue weighted by Gasteiger charge is 2.44. The summed E-state index contributed by atoms with van der Waals surface area (Å²) < 4.78 is 0. The van der Waals surface area contributed by atoms with Crippen molar-refractivity contribution in [3.8, 4) is 0 Å². The molecule has 2 heteroatoms. The molecule has 2 nitrogen and oxygen atoms in total. The molecule has 2 bridgehead atoms. The van der Waals surface area contributed by atoms with E-state index in [1.165, 1.54) is 32.1 Å². The van der Waals surface area contributed by atoms with Crippen LogP contribution in [0.15, 0.2) is 0 Å². The molecule has 0 spiro atoms. The van der Waals surface area contributed by atoms with Gasteiger partial charge in [-0.15, -0.1) is 0 Å². The van der Waals surface area contributed by atoms with Gasteiger partial charge in [-0.2, -0.15) is 0 Å². The molecule has 0 radical (unpaired) electrons. The molecule has 1 heterocycles. The van der Waals surface area contributed by atoms with Gasteiger partial charge in [0.05, 0.1) is 5.54 Å². The Balaban J connectivity index is 1.63. The molecule has 0 aromatic heterocycles. The molecule has 17 heavy (non-hydrogen) atoms. The van der Waals surface area contributed by atoms with Gasteiger partial charge in [-0.25, -0.2) is 0 Å². The highest BCUT2D eigenvalue weighted by Crippen LogP contribution is 2.50. The van der Waals surface area contributed by atoms with Crippen LogP contribution in [0.4, 0.5) is 0 Å². The van der Waals surface area contributed by atoms with Gasteiger partial charge < -0.3 is 5.32 Å². The van der Waals surface area contributed by atoms with E-state index >= 15 is 0 Å². The summed E-state index contributed by atoms with van der Waals surface area (Å²) in [6.07, 6.45) is 9.69. The lowest BCUT2D eigenvalue weighted by Gasteiger charge is -2.30. The molecule has 4 unspecified atom stereocenters. The Kier molecular flexibility index (Phi) is 3.02. The lowest BCUT2D eigenvalue weighted by atomic mass is 9.79. The Morgan fingerprint density at radius 3 is 2.76 bits per heavy atom. The van der Waals surface area contributed by atoms with Gasteiger partial charge in [0.15, 0.2) is 5.78 Å². The number of hydrogen-bond donors (Lipinski definition) is 1. The van der Waals surface area contributed by atoms with E-state index in [-0.39, 0.29) is 5.54 Å². The first-order chi connectivity index (χ1) is 8.23. The molecule has 96 valence electrons. The van der Waals surface area contributed by atoms with E-state index in [2.05, 4.69) is 12.2 Å². The van der Waals surface area contributed by atoms with Crippen molar-refractivity contribution in [2.75, 3.05) is 6.54 Å². The molecular weight excluding hydrogens is 210 g/mol. The molecular formula is C15H25NO. The fourth-order valence-corrected chi connectivity index (χ4v) is 4.60. The highest BCUT2D eigenvalue weighted by atomic mass is 16.1. The van der Waals surface area contributed by atoms with Gasteiger partial charge in [0.2, 0.25) is 0 Å². The van der Waals surface area contributed by atoms with Crippen LogP contribution in [0.2, 0.25) is 0 Å². The number of nitrogens with one attached hydrogen (secondary N) is 1. The standard InChI is InChI=1S/C15H25NO/c1-2-15(6-3-7-16-15)14(17)10-13-9-11-4-5-12(13)8-11/h11-13,16H,2-10H2,1H3. The highest BCUT2D eigenvalue weighted by molar-refractivity contribution is 5.89. The number of carbonyl (C=O) groups excluding carboxylic acids is 1. The zero-order chi connectivity index (χ0) is 11.9. The van der Waals surface area contributed by atoms with Crippen LogP contribution in [0.1, 0.15) is 58.3 Å². The lowest BCUT2D eigenvalue weighted by molar-refractivity contribution is -0.126. The van der Waals surface area contributed by atoms with Crippen molar-refractivity contribution in [2.45, 2.75) is 63.8 Å². The number of Topliss-reactive ketones (excluding diaryl/α,β-unsaturated/α-hetero) is 1. The first kappa shape index (κ1) is 11.7. The summed E-state index contributed by atoms with van der Waals surface area (Å²) in [7, 11) is 0. The monoisotopic (exact) mass is 235 g/mol. The predicted octanol–water partition coefficient (Wildman–Crippen LogP) is 2.91. The Hall–Kier alpha value is -0.370. The van der Waals surface area contributed by atoms with Crippen molar-refractivity contribution in [3.63, 3.8) is 0 Å². The molecule has 3 fully saturated rings. The fraction of sp³-hybridized carbons (Fsp3) is 0.933. The quantitative estimate of drug-likeness (QED) is 0.811. The Morgan fingerprint density at radius 2 is 2.24 bits per heavy atom. The summed E-state index contributed by atoms with van der Waals surface area (Å²) in [6.45, 7) is 3.20. The zero-order valence-electron chi connectivity index (χ0n) is 11.0. The summed E-state index contributed by atoms with van der Waals surface area (Å²) in [6, 6.07) is 0. The second-order valence-corrected chi connectivity index (χ2v) is 6.53. The van der Waals surface area contributed by atoms with Crippen LogP contribution in [-0.2, 0) is 4.79 Å². The van der Waals surface area contributed by atoms with Crippen LogP contribution in [0.3, 0.4) is 0 Å². The molecule has 0 amide bonds. The summed E-state index contributed by atoms with van der Waals surface area (Å²) in [4.78, 5) is 12.6. The van der Waals surface area contributed by atoms with Crippen LogP contribution in [0, 0.1) is 17.8 Å². The Bertz CT molecular complexity index is 306. The molecule has 3 rings (SSSR count). The Labute approximate surface area is 105 Å². The maximum atomic E-state index is 12.6. The number of carbonyl (C=O) groups is 1. The van der Waals surface area contributed by atoms with E-state index in [1.807, 2.05) is 0 Å². The van der Waals surface area contributed by atoms with E-state index in [0.29, 0.717) is 5.78 Å². The van der Waals surface area contributed by atoms with Crippen molar-refractivity contribution < 1.29 is 4.79 Å². The molecule has 4 atom stereocenters. The van der Waals surface area contributed by atoms with E-state index in [1.54, 1.807) is 0 Å². The van der Waals surface area contributed by atoms with E-state index in [4.69, 9.17) is 0 Å². The third kappa shape index (κ3) is 1.95. The number of fused-ring (bicyclic) bond motifs is 2. The second-order valence-electron chi connectivity index (χ2n) is 6.53. The van der Waals surface area contributed by atoms with Crippen molar-refractivity contribution in [3.05, 3.63) is 0 Å². The van der Waals surface area contributed by atoms with Crippen LogP contribution < -0.4 is 5.32 Å². The van der Waals surface area contributed by atoms with Gasteiger partial charge in [0.1, 0.15) is 0 Å². The second kappa shape index (κ2) is 4.38. The average Bonchev–Trinajstić information content (AvgIpc) is 3.05. The van der Waals surface area contributed by atoms with Crippen LogP contribution in [0.25, 0.3) is 0 Å². The van der Waals surface area contributed by atoms with Gasteiger partial charge in [-0.05, 0) is 62.8 Å². The fourth-order valence-electron chi connectivity index (χ4n) is 4.60. The van der Waals surface area contributed by atoms with Gasteiger partial charge in [-0.3, -0.25) is 4.79 Å². The molecule has 1 saturated heterocycles. The number of hydrogen-bond acceptors (Lipinski definition) is 2. The summed E-state index contributed by atoms with van der Waals surface area (Å²) >= 11 is 0. The van der Waals surface area contributed by atoms with Crippen LogP contribution in [-0.4, -0.2) is 17.9 Å². The normalized spacial score (nSPS) is 44.4. The Morgan fingerprint density at radius 1 is 1.35 bits per heavy atom. The minimum absolute atomic E-state index is 0.137. The van der Waals surface area contributed by atoms with E-state index in [0.717, 1.165) is 43.6 Å². The molecule has 2 saturated carbocycles. The number of ketones is 1. The van der Waals surface area contributed by atoms with Gasteiger partial charge in [0.25, 0.3) is 0 Å². The molecule has 0 aromatic carbocycles. The van der Waals surface area contributed by atoms with Crippen molar-refractivity contribution >= 4 is 5.78 Å². The minimum Gasteiger partial charge on any atom is -0.305 e. The maximum Gasteiger partial charge on any atom is 0.153 e. The topological polar surface area (TPSA) is 29.1 Å². The first-order valence-corrected chi connectivity index (χ1v) is 7.52. The number of rotatable bonds is 4. The summed E-state index contributed by atoms with van der Waals surface area (Å²) in [5.74, 6) is 3.10. The molecule has 1 aliphatic heterocycles. The van der Waals surface area contributed by atoms with Gasteiger partial charge in [0, 0.05) is 6.42 Å². The summed E-state index contributed by atoms with van der Waals surface area (Å²) in [5.41, 5.74) is -0.137. The minimum atomic E-state index is -0.137. The van der Waals surface area contributed by atoms with Gasteiger partial charge in [-0.1, -0.05) is 13.3 Å². The summed E-state index contributed by atoms with van der Waals surface area (Å²) in [5, 5.41) is 3.49. The first-order valence-electron chi connectivity index (χ1n) is 7.52. The maximum absolute atomic E-state index is 12.6. The van der Waals surface area contributed by atoms with Crippen LogP contribution >= 0.6 is 0 Å². The third-order valence-corrected chi connectivity index (χ3v) is 5.71. The van der Waals surface area contributed by atoms with Gasteiger partial charge >= 0.3 is 0 Å². The molecule has 1 N–H and O–H groups in total. The van der Waals surface area contributed by atoms with Crippen molar-refractivity contribution in [1.82, 2.24) is 5.32 Å². The van der Waals surface area contributed by atoms with E-state index < -0.39 is 0 Å².